The first kappa shape index (κ1) is 7.34. The second kappa shape index (κ2) is 2.88. The van der Waals surface area contributed by atoms with Gasteiger partial charge in [0.05, 0.1) is 19.3 Å². The Labute approximate surface area is 60.5 Å². The van der Waals surface area contributed by atoms with E-state index >= 15 is 0 Å². The van der Waals surface area contributed by atoms with Crippen molar-refractivity contribution in [1.82, 2.24) is 4.90 Å². The molecule has 0 bridgehead atoms. The smallest absolute Gasteiger partial charge is 0.188 e. The van der Waals surface area contributed by atoms with E-state index in [1.165, 1.54) is 0 Å². The van der Waals surface area contributed by atoms with Crippen LogP contribution < -0.4 is 5.73 Å². The van der Waals surface area contributed by atoms with Gasteiger partial charge >= 0.3 is 0 Å². The summed E-state index contributed by atoms with van der Waals surface area (Å²) < 4.78 is 5.17. The van der Waals surface area contributed by atoms with Crippen LogP contribution in [0.5, 0.6) is 0 Å². The maximum atomic E-state index is 7.17. The van der Waals surface area contributed by atoms with Crippen LogP contribution in [0, 0.1) is 5.41 Å². The summed E-state index contributed by atoms with van der Waals surface area (Å²) in [6, 6.07) is 0.256. The summed E-state index contributed by atoms with van der Waals surface area (Å²) in [5.74, 6) is 0.149. The monoisotopic (exact) mass is 143 g/mol. The Morgan fingerprint density at radius 3 is 2.90 bits per heavy atom. The van der Waals surface area contributed by atoms with Gasteiger partial charge in [-0.05, 0) is 6.92 Å². The average molecular weight is 143 g/mol. The predicted molar refractivity (Wildman–Crippen MR) is 38.9 cm³/mol. The summed E-state index contributed by atoms with van der Waals surface area (Å²) in [5.41, 5.74) is 5.31. The van der Waals surface area contributed by atoms with Crippen LogP contribution in [0.3, 0.4) is 0 Å². The Bertz CT molecular complexity index is 137. The van der Waals surface area contributed by atoms with Gasteiger partial charge in [-0.15, -0.1) is 0 Å². The lowest BCUT2D eigenvalue weighted by Gasteiger charge is -2.33. The zero-order valence-corrected chi connectivity index (χ0v) is 6.13. The van der Waals surface area contributed by atoms with Crippen LogP contribution in [0.1, 0.15) is 6.92 Å². The molecule has 1 saturated heterocycles. The largest absolute Gasteiger partial charge is 0.377 e. The fourth-order valence-corrected chi connectivity index (χ4v) is 1.09. The van der Waals surface area contributed by atoms with Gasteiger partial charge in [-0.3, -0.25) is 5.41 Å². The maximum absolute atomic E-state index is 7.17. The first-order chi connectivity index (χ1) is 4.72. The van der Waals surface area contributed by atoms with Gasteiger partial charge in [-0.2, -0.15) is 0 Å². The highest BCUT2D eigenvalue weighted by molar-refractivity contribution is 5.75. The number of ether oxygens (including phenoxy) is 1. The number of hydrogen-bond acceptors (Lipinski definition) is 2. The predicted octanol–water partition coefficient (Wildman–Crippen LogP) is -0.399. The van der Waals surface area contributed by atoms with Crippen LogP contribution in [0.4, 0.5) is 0 Å². The Morgan fingerprint density at radius 2 is 2.50 bits per heavy atom. The second-order valence-electron chi connectivity index (χ2n) is 2.50. The molecule has 0 aromatic heterocycles. The number of nitrogens with one attached hydrogen (secondary N) is 1. The standard InChI is InChI=1S/C6H13N3O/c1-5-4-10-3-2-9(5)6(7)8/h5H,2-4H2,1H3,(H3,7,8). The Morgan fingerprint density at radius 1 is 1.80 bits per heavy atom. The van der Waals surface area contributed by atoms with Gasteiger partial charge in [0.2, 0.25) is 0 Å². The molecule has 0 amide bonds. The van der Waals surface area contributed by atoms with Crippen molar-refractivity contribution < 1.29 is 4.74 Å². The minimum Gasteiger partial charge on any atom is -0.377 e. The summed E-state index contributed by atoms with van der Waals surface area (Å²) in [4.78, 5) is 1.84. The van der Waals surface area contributed by atoms with Crippen LogP contribution >= 0.6 is 0 Å². The fraction of sp³-hybridized carbons (Fsp3) is 0.833. The van der Waals surface area contributed by atoms with Crippen LogP contribution in [0.2, 0.25) is 0 Å². The highest BCUT2D eigenvalue weighted by atomic mass is 16.5. The molecule has 4 heteroatoms. The lowest BCUT2D eigenvalue weighted by Crippen LogP contribution is -2.49. The van der Waals surface area contributed by atoms with Crippen molar-refractivity contribution in [1.29, 1.82) is 5.41 Å². The molecule has 1 atom stereocenters. The molecule has 4 nitrogen and oxygen atoms in total. The van der Waals surface area contributed by atoms with Crippen LogP contribution in [0.15, 0.2) is 0 Å². The van der Waals surface area contributed by atoms with E-state index in [2.05, 4.69) is 0 Å². The van der Waals surface area contributed by atoms with Gasteiger partial charge in [0.1, 0.15) is 0 Å². The molecule has 1 unspecified atom stereocenters. The number of nitrogens with zero attached hydrogens (tertiary/aromatic N) is 1. The molecular weight excluding hydrogens is 130 g/mol. The van der Waals surface area contributed by atoms with Gasteiger partial charge in [-0.1, -0.05) is 0 Å². The minimum absolute atomic E-state index is 0.149. The van der Waals surface area contributed by atoms with E-state index in [4.69, 9.17) is 15.9 Å². The van der Waals surface area contributed by atoms with Crippen molar-refractivity contribution in [3.8, 4) is 0 Å². The van der Waals surface area contributed by atoms with E-state index < -0.39 is 0 Å². The van der Waals surface area contributed by atoms with Crippen LogP contribution in [0.25, 0.3) is 0 Å². The molecule has 1 fully saturated rings. The molecule has 58 valence electrons. The zero-order chi connectivity index (χ0) is 7.56. The Balaban J connectivity index is 2.47. The van der Waals surface area contributed by atoms with Gasteiger partial charge in [-0.25, -0.2) is 0 Å². The zero-order valence-electron chi connectivity index (χ0n) is 6.13. The molecule has 0 aromatic carbocycles. The van der Waals surface area contributed by atoms with E-state index in [0.717, 1.165) is 6.54 Å². The molecule has 0 spiro atoms. The van der Waals surface area contributed by atoms with Crippen molar-refractivity contribution in [2.24, 2.45) is 5.73 Å². The van der Waals surface area contributed by atoms with Crippen molar-refractivity contribution in [3.05, 3.63) is 0 Å². The van der Waals surface area contributed by atoms with Crippen molar-refractivity contribution in [2.75, 3.05) is 19.8 Å². The summed E-state index contributed by atoms with van der Waals surface area (Å²) >= 11 is 0. The van der Waals surface area contributed by atoms with Crippen molar-refractivity contribution in [2.45, 2.75) is 13.0 Å². The number of morpholine rings is 1. The SMILES string of the molecule is CC1COCCN1C(=N)N. The summed E-state index contributed by atoms with van der Waals surface area (Å²) in [5, 5.41) is 7.17. The van der Waals surface area contributed by atoms with Gasteiger partial charge in [0.25, 0.3) is 0 Å². The van der Waals surface area contributed by atoms with E-state index in [1.807, 2.05) is 11.8 Å². The quantitative estimate of drug-likeness (QED) is 0.358. The average Bonchev–Trinajstić information content (AvgIpc) is 1.88. The molecule has 1 heterocycles. The first-order valence-corrected chi connectivity index (χ1v) is 3.40. The molecule has 10 heavy (non-hydrogen) atoms. The minimum atomic E-state index is 0.149. The number of hydrogen-bond donors (Lipinski definition) is 2. The Hall–Kier alpha value is -0.770. The van der Waals surface area contributed by atoms with E-state index in [0.29, 0.717) is 13.2 Å². The van der Waals surface area contributed by atoms with Crippen molar-refractivity contribution in [3.63, 3.8) is 0 Å². The topological polar surface area (TPSA) is 62.3 Å². The molecule has 0 saturated carbocycles. The molecule has 0 aliphatic carbocycles. The van der Waals surface area contributed by atoms with E-state index in [-0.39, 0.29) is 12.0 Å². The lowest BCUT2D eigenvalue weighted by atomic mass is 10.3. The molecule has 3 N–H and O–H groups in total. The van der Waals surface area contributed by atoms with E-state index in [9.17, 15) is 0 Å². The highest BCUT2D eigenvalue weighted by Gasteiger charge is 2.18. The number of nitrogens with two attached hydrogens (primary N) is 1. The number of guanidine groups is 1. The third-order valence-electron chi connectivity index (χ3n) is 1.68. The van der Waals surface area contributed by atoms with Crippen LogP contribution in [-0.2, 0) is 4.74 Å². The molecule has 1 rings (SSSR count). The molecule has 0 radical (unpaired) electrons. The second-order valence-corrected chi connectivity index (χ2v) is 2.50. The third kappa shape index (κ3) is 1.39. The molecular formula is C6H13N3O. The van der Waals surface area contributed by atoms with Gasteiger partial charge in [0.15, 0.2) is 5.96 Å². The lowest BCUT2D eigenvalue weighted by molar-refractivity contribution is 0.0323. The summed E-state index contributed by atoms with van der Waals surface area (Å²) in [6.45, 7) is 4.11. The third-order valence-corrected chi connectivity index (χ3v) is 1.68. The van der Waals surface area contributed by atoms with Crippen LogP contribution in [-0.4, -0.2) is 36.7 Å². The maximum Gasteiger partial charge on any atom is 0.188 e. The summed E-state index contributed by atoms with van der Waals surface area (Å²) in [7, 11) is 0. The Kier molecular flexibility index (Phi) is 2.11. The molecule has 0 aromatic rings. The summed E-state index contributed by atoms with van der Waals surface area (Å²) in [6.07, 6.45) is 0. The first-order valence-electron chi connectivity index (χ1n) is 3.40. The highest BCUT2D eigenvalue weighted by Crippen LogP contribution is 2.03. The number of rotatable bonds is 0. The van der Waals surface area contributed by atoms with Gasteiger partial charge < -0.3 is 15.4 Å². The molecule has 1 aliphatic rings. The van der Waals surface area contributed by atoms with Crippen molar-refractivity contribution >= 4 is 5.96 Å². The normalized spacial score (nSPS) is 26.5. The molecule has 1 aliphatic heterocycles. The van der Waals surface area contributed by atoms with E-state index in [1.54, 1.807) is 0 Å². The fourth-order valence-electron chi connectivity index (χ4n) is 1.09. The van der Waals surface area contributed by atoms with Gasteiger partial charge in [0, 0.05) is 6.54 Å².